The van der Waals surface area contributed by atoms with Crippen molar-refractivity contribution in [2.75, 3.05) is 44.4 Å². The molecule has 1 heterocycles. The van der Waals surface area contributed by atoms with E-state index >= 15 is 0 Å². The number of sulfone groups is 1. The minimum Gasteiger partial charge on any atom is -0.382 e. The number of morpholine rings is 1. The van der Waals surface area contributed by atoms with Crippen LogP contribution in [0.2, 0.25) is 0 Å². The fourth-order valence-corrected chi connectivity index (χ4v) is 3.71. The average molecular weight is 312 g/mol. The van der Waals surface area contributed by atoms with Gasteiger partial charge in [0, 0.05) is 25.3 Å². The highest BCUT2D eigenvalue weighted by atomic mass is 32.2. The van der Waals surface area contributed by atoms with Gasteiger partial charge in [0.2, 0.25) is 0 Å². The van der Waals surface area contributed by atoms with E-state index in [1.54, 1.807) is 12.1 Å². The summed E-state index contributed by atoms with van der Waals surface area (Å²) in [6.07, 6.45) is 0.807. The van der Waals surface area contributed by atoms with E-state index in [0.29, 0.717) is 11.3 Å². The van der Waals surface area contributed by atoms with Gasteiger partial charge in [-0.05, 0) is 37.7 Å². The van der Waals surface area contributed by atoms with Crippen molar-refractivity contribution in [3.63, 3.8) is 0 Å². The van der Waals surface area contributed by atoms with Gasteiger partial charge in [0.1, 0.15) is 0 Å². The number of hydrogen-bond acceptors (Lipinski definition) is 5. The lowest BCUT2D eigenvalue weighted by Gasteiger charge is -2.30. The minimum atomic E-state index is -3.13. The van der Waals surface area contributed by atoms with Gasteiger partial charge >= 0.3 is 0 Å². The van der Waals surface area contributed by atoms with Crippen molar-refractivity contribution in [1.29, 1.82) is 0 Å². The summed E-state index contributed by atoms with van der Waals surface area (Å²) in [7, 11) is -1.04. The van der Waals surface area contributed by atoms with E-state index in [-0.39, 0.29) is 11.9 Å². The molecule has 0 saturated carbocycles. The van der Waals surface area contributed by atoms with Gasteiger partial charge in [0.05, 0.1) is 23.4 Å². The van der Waals surface area contributed by atoms with E-state index in [4.69, 9.17) is 4.74 Å². The number of anilines is 1. The van der Waals surface area contributed by atoms with Crippen LogP contribution in [-0.2, 0) is 14.6 Å². The maximum atomic E-state index is 11.9. The van der Waals surface area contributed by atoms with Crippen LogP contribution in [-0.4, -0.2) is 58.5 Å². The number of hydrogen-bond donors (Lipinski definition) is 1. The third kappa shape index (κ3) is 4.69. The quantitative estimate of drug-likeness (QED) is 0.865. The fourth-order valence-electron chi connectivity index (χ4n) is 2.39. The lowest BCUT2D eigenvalue weighted by Crippen LogP contribution is -2.43. The number of nitrogens with one attached hydrogen (secondary N) is 1. The van der Waals surface area contributed by atoms with Crippen LogP contribution < -0.4 is 5.32 Å². The topological polar surface area (TPSA) is 58.6 Å². The summed E-state index contributed by atoms with van der Waals surface area (Å²) in [5.74, 6) is 0.196. The second-order valence-corrected chi connectivity index (χ2v) is 7.59. The van der Waals surface area contributed by atoms with E-state index in [1.807, 2.05) is 19.1 Å². The molecule has 1 aliphatic heterocycles. The molecule has 0 aliphatic carbocycles. The molecule has 21 heavy (non-hydrogen) atoms. The lowest BCUT2D eigenvalue weighted by atomic mass is 10.2. The first-order valence-corrected chi connectivity index (χ1v) is 9.03. The highest BCUT2D eigenvalue weighted by molar-refractivity contribution is 7.91. The summed E-state index contributed by atoms with van der Waals surface area (Å²) in [6.45, 7) is 5.24. The first-order valence-electron chi connectivity index (χ1n) is 7.38. The molecule has 0 radical (unpaired) electrons. The zero-order valence-electron chi connectivity index (χ0n) is 12.7. The maximum absolute atomic E-state index is 11.9. The van der Waals surface area contributed by atoms with Crippen molar-refractivity contribution in [3.8, 4) is 0 Å². The molecule has 1 aromatic rings. The van der Waals surface area contributed by atoms with Gasteiger partial charge < -0.3 is 15.0 Å². The Balaban J connectivity index is 1.90. The predicted octanol–water partition coefficient (Wildman–Crippen LogP) is 1.61. The van der Waals surface area contributed by atoms with Gasteiger partial charge in [-0.25, -0.2) is 8.42 Å². The van der Waals surface area contributed by atoms with Crippen molar-refractivity contribution in [3.05, 3.63) is 24.3 Å². The average Bonchev–Trinajstić information content (AvgIpc) is 2.46. The Kier molecular flexibility index (Phi) is 5.61. The van der Waals surface area contributed by atoms with Crippen LogP contribution in [0.3, 0.4) is 0 Å². The predicted molar refractivity (Wildman–Crippen MR) is 84.5 cm³/mol. The van der Waals surface area contributed by atoms with E-state index in [9.17, 15) is 8.42 Å². The lowest BCUT2D eigenvalue weighted by molar-refractivity contribution is -0.0117. The van der Waals surface area contributed by atoms with Gasteiger partial charge in [-0.3, -0.25) is 0 Å². The molecule has 0 aromatic heterocycles. The highest BCUT2D eigenvalue weighted by Crippen LogP contribution is 2.16. The molecule has 1 aliphatic rings. The van der Waals surface area contributed by atoms with Crippen LogP contribution in [0.5, 0.6) is 0 Å². The number of nitrogens with zero attached hydrogens (tertiary/aromatic N) is 1. The summed E-state index contributed by atoms with van der Waals surface area (Å²) >= 11 is 0. The molecule has 1 saturated heterocycles. The minimum absolute atomic E-state index is 0.173. The molecule has 1 N–H and O–H groups in total. The van der Waals surface area contributed by atoms with Crippen LogP contribution in [0.4, 0.5) is 5.69 Å². The van der Waals surface area contributed by atoms with Crippen LogP contribution >= 0.6 is 0 Å². The number of benzene rings is 1. The Morgan fingerprint density at radius 1 is 1.33 bits per heavy atom. The molecule has 1 aromatic carbocycles. The first kappa shape index (κ1) is 16.3. The standard InChI is InChI=1S/C15H24N2O3S/c1-3-10-21(18,19)15-6-4-13(5-7-15)16-11-14-12-17(2)8-9-20-14/h4-7,14,16H,3,8-12H2,1-2H3. The molecule has 1 unspecified atom stereocenters. The van der Waals surface area contributed by atoms with E-state index in [1.165, 1.54) is 0 Å². The maximum Gasteiger partial charge on any atom is 0.178 e. The van der Waals surface area contributed by atoms with Crippen molar-refractivity contribution in [1.82, 2.24) is 4.90 Å². The number of rotatable bonds is 6. The van der Waals surface area contributed by atoms with Gasteiger partial charge in [-0.1, -0.05) is 6.92 Å². The molecular weight excluding hydrogens is 288 g/mol. The molecule has 0 bridgehead atoms. The second-order valence-electron chi connectivity index (χ2n) is 5.48. The van der Waals surface area contributed by atoms with Crippen molar-refractivity contribution >= 4 is 15.5 Å². The third-order valence-electron chi connectivity index (χ3n) is 3.56. The summed E-state index contributed by atoms with van der Waals surface area (Å²) in [5, 5.41) is 3.30. The summed E-state index contributed by atoms with van der Waals surface area (Å²) < 4.78 is 29.6. The monoisotopic (exact) mass is 312 g/mol. The van der Waals surface area contributed by atoms with E-state index < -0.39 is 9.84 Å². The zero-order valence-corrected chi connectivity index (χ0v) is 13.5. The van der Waals surface area contributed by atoms with Gasteiger partial charge in [0.25, 0.3) is 0 Å². The van der Waals surface area contributed by atoms with E-state index in [0.717, 1.165) is 31.9 Å². The summed E-state index contributed by atoms with van der Waals surface area (Å²) in [4.78, 5) is 2.64. The zero-order chi connectivity index (χ0) is 15.3. The molecule has 2 rings (SSSR count). The van der Waals surface area contributed by atoms with Crippen LogP contribution in [0.15, 0.2) is 29.2 Å². The molecular formula is C15H24N2O3S. The second kappa shape index (κ2) is 7.24. The number of likely N-dealkylation sites (N-methyl/N-ethyl adjacent to an activating group) is 1. The molecule has 0 amide bonds. The summed E-state index contributed by atoms with van der Waals surface area (Å²) in [5.41, 5.74) is 0.919. The Morgan fingerprint density at radius 3 is 2.67 bits per heavy atom. The SMILES string of the molecule is CCCS(=O)(=O)c1ccc(NCC2CN(C)CCO2)cc1. The van der Waals surface area contributed by atoms with Crippen LogP contribution in [0, 0.1) is 0 Å². The van der Waals surface area contributed by atoms with Crippen molar-refractivity contribution in [2.45, 2.75) is 24.3 Å². The number of ether oxygens (including phenoxy) is 1. The molecule has 1 fully saturated rings. The highest BCUT2D eigenvalue weighted by Gasteiger charge is 2.17. The van der Waals surface area contributed by atoms with E-state index in [2.05, 4.69) is 17.3 Å². The van der Waals surface area contributed by atoms with Crippen LogP contribution in [0.25, 0.3) is 0 Å². The smallest absolute Gasteiger partial charge is 0.178 e. The largest absolute Gasteiger partial charge is 0.382 e. The Labute approximate surface area is 127 Å². The Hall–Kier alpha value is -1.11. The molecule has 6 heteroatoms. The molecule has 118 valence electrons. The van der Waals surface area contributed by atoms with Gasteiger partial charge in [0.15, 0.2) is 9.84 Å². The van der Waals surface area contributed by atoms with Gasteiger partial charge in [-0.2, -0.15) is 0 Å². The molecule has 1 atom stereocenters. The first-order chi connectivity index (χ1) is 10.0. The van der Waals surface area contributed by atoms with Crippen LogP contribution in [0.1, 0.15) is 13.3 Å². The summed E-state index contributed by atoms with van der Waals surface area (Å²) in [6, 6.07) is 6.96. The van der Waals surface area contributed by atoms with Gasteiger partial charge in [-0.15, -0.1) is 0 Å². The fraction of sp³-hybridized carbons (Fsp3) is 0.600. The van der Waals surface area contributed by atoms with Crippen molar-refractivity contribution < 1.29 is 13.2 Å². The Morgan fingerprint density at radius 2 is 2.05 bits per heavy atom. The van der Waals surface area contributed by atoms with Crippen molar-refractivity contribution in [2.24, 2.45) is 0 Å². The third-order valence-corrected chi connectivity index (χ3v) is 5.50. The Bertz CT molecular complexity index is 543. The molecule has 0 spiro atoms. The molecule has 5 nitrogen and oxygen atoms in total. The normalized spacial score (nSPS) is 20.4.